The molecule has 0 aliphatic heterocycles. The van der Waals surface area contributed by atoms with Crippen LogP contribution < -0.4 is 4.74 Å². The fraction of sp³-hybridized carbons (Fsp3) is 0.263. The van der Waals surface area contributed by atoms with Gasteiger partial charge in [-0.15, -0.1) is 4.91 Å². The maximum absolute atomic E-state index is 11.2. The largest absolute Gasteiger partial charge is 0.493 e. The van der Waals surface area contributed by atoms with Crippen molar-refractivity contribution in [1.82, 2.24) is 4.57 Å². The number of halogens is 1. The second kappa shape index (κ2) is 7.15. The molecule has 0 amide bonds. The van der Waals surface area contributed by atoms with Crippen molar-refractivity contribution in [2.24, 2.45) is 5.18 Å². The van der Waals surface area contributed by atoms with Gasteiger partial charge in [0, 0.05) is 11.9 Å². The summed E-state index contributed by atoms with van der Waals surface area (Å²) in [7, 11) is 0. The van der Waals surface area contributed by atoms with Gasteiger partial charge in [-0.1, -0.05) is 35.4 Å². The Morgan fingerprint density at radius 3 is 2.72 bits per heavy atom. The van der Waals surface area contributed by atoms with Crippen molar-refractivity contribution in [3.05, 3.63) is 57.5 Å². The Kier molecular flexibility index (Phi) is 4.95. The molecule has 0 aliphatic rings. The van der Waals surface area contributed by atoms with Gasteiger partial charge >= 0.3 is 0 Å². The molecular formula is C19H19ClN2O3. The molecule has 1 heterocycles. The van der Waals surface area contributed by atoms with Crippen LogP contribution in [0.25, 0.3) is 10.9 Å². The number of aromatic hydroxyl groups is 1. The topological polar surface area (TPSA) is 63.8 Å². The van der Waals surface area contributed by atoms with Crippen LogP contribution in [-0.2, 0) is 6.54 Å². The zero-order valence-electron chi connectivity index (χ0n) is 14.1. The van der Waals surface area contributed by atoms with Crippen molar-refractivity contribution in [2.75, 3.05) is 6.61 Å². The molecule has 0 saturated heterocycles. The summed E-state index contributed by atoms with van der Waals surface area (Å²) in [6.07, 6.45) is 0.647. The van der Waals surface area contributed by atoms with E-state index in [2.05, 4.69) is 5.18 Å². The first kappa shape index (κ1) is 17.3. The number of hydrogen-bond donors (Lipinski definition) is 1. The lowest BCUT2D eigenvalue weighted by molar-refractivity contribution is 0.298. The van der Waals surface area contributed by atoms with Gasteiger partial charge in [-0.05, 0) is 49.2 Å². The number of ether oxygens (including phenoxy) is 1. The predicted molar refractivity (Wildman–Crippen MR) is 100 cm³/mol. The fourth-order valence-corrected chi connectivity index (χ4v) is 3.32. The Labute approximate surface area is 150 Å². The van der Waals surface area contributed by atoms with Crippen molar-refractivity contribution >= 4 is 28.2 Å². The number of aromatic nitrogens is 1. The first-order chi connectivity index (χ1) is 12.0. The highest BCUT2D eigenvalue weighted by Gasteiger charge is 2.19. The summed E-state index contributed by atoms with van der Waals surface area (Å²) >= 11 is 6.06. The van der Waals surface area contributed by atoms with Gasteiger partial charge in [0.05, 0.1) is 17.1 Å². The monoisotopic (exact) mass is 358 g/mol. The molecule has 0 fully saturated rings. The molecule has 3 rings (SSSR count). The lowest BCUT2D eigenvalue weighted by Gasteiger charge is -2.11. The number of benzene rings is 2. The van der Waals surface area contributed by atoms with Crippen molar-refractivity contribution in [2.45, 2.75) is 26.8 Å². The molecule has 0 unspecified atom stereocenters. The van der Waals surface area contributed by atoms with Crippen LogP contribution in [0.3, 0.4) is 0 Å². The van der Waals surface area contributed by atoms with Crippen molar-refractivity contribution in [1.29, 1.82) is 0 Å². The smallest absolute Gasteiger partial charge is 0.222 e. The maximum atomic E-state index is 11.2. The van der Waals surface area contributed by atoms with E-state index in [1.54, 1.807) is 10.6 Å². The molecule has 0 saturated carbocycles. The molecule has 1 N–H and O–H groups in total. The van der Waals surface area contributed by atoms with Crippen LogP contribution in [0.1, 0.15) is 17.5 Å². The Balaban J connectivity index is 1.81. The Bertz CT molecular complexity index is 934. The summed E-state index contributed by atoms with van der Waals surface area (Å²) in [5, 5.41) is 14.7. The second-order valence-corrected chi connectivity index (χ2v) is 6.43. The van der Waals surface area contributed by atoms with Crippen LogP contribution in [0.5, 0.6) is 11.6 Å². The number of nitrogens with zero attached hydrogens (tertiary/aromatic N) is 2. The van der Waals surface area contributed by atoms with E-state index >= 15 is 0 Å². The molecule has 2 aromatic carbocycles. The van der Waals surface area contributed by atoms with Gasteiger partial charge in [-0.3, -0.25) is 0 Å². The van der Waals surface area contributed by atoms with E-state index in [0.717, 1.165) is 16.6 Å². The summed E-state index contributed by atoms with van der Waals surface area (Å²) in [6, 6.07) is 11.2. The number of fused-ring (bicyclic) bond motifs is 1. The van der Waals surface area contributed by atoms with Crippen LogP contribution >= 0.6 is 11.6 Å². The second-order valence-electron chi connectivity index (χ2n) is 6.03. The van der Waals surface area contributed by atoms with Crippen LogP contribution in [0.2, 0.25) is 5.02 Å². The third kappa shape index (κ3) is 3.33. The highest BCUT2D eigenvalue weighted by atomic mass is 35.5. The van der Waals surface area contributed by atoms with Crippen molar-refractivity contribution in [3.63, 3.8) is 0 Å². The molecule has 0 spiro atoms. The van der Waals surface area contributed by atoms with Crippen LogP contribution in [0.4, 0.5) is 5.69 Å². The SMILES string of the molecule is Cc1cc(C)c2c(c1)c(N=O)c(O)n2CCCOc1ccccc1Cl. The lowest BCUT2D eigenvalue weighted by Crippen LogP contribution is -2.05. The fourth-order valence-electron chi connectivity index (χ4n) is 3.13. The number of rotatable bonds is 6. The summed E-state index contributed by atoms with van der Waals surface area (Å²) in [6.45, 7) is 4.86. The first-order valence-corrected chi connectivity index (χ1v) is 8.44. The molecule has 0 bridgehead atoms. The molecule has 0 aliphatic carbocycles. The standard InChI is InChI=1S/C19H19ClN2O3/c1-12-10-13(2)18-14(11-12)17(21-24)19(23)22(18)8-5-9-25-16-7-4-3-6-15(16)20/h3-4,6-7,10-11,23H,5,8-9H2,1-2H3. The third-order valence-electron chi connectivity index (χ3n) is 4.15. The number of para-hydroxylation sites is 1. The van der Waals surface area contributed by atoms with Crippen molar-refractivity contribution < 1.29 is 9.84 Å². The van der Waals surface area contributed by atoms with Gasteiger partial charge in [-0.2, -0.15) is 0 Å². The number of hydrogen-bond acceptors (Lipinski definition) is 4. The normalized spacial score (nSPS) is 11.0. The van der Waals surface area contributed by atoms with E-state index in [-0.39, 0.29) is 11.6 Å². The molecule has 130 valence electrons. The first-order valence-electron chi connectivity index (χ1n) is 8.06. The lowest BCUT2D eigenvalue weighted by atomic mass is 10.1. The minimum absolute atomic E-state index is 0.0915. The number of aryl methyl sites for hydroxylation is 3. The minimum atomic E-state index is -0.101. The molecule has 5 nitrogen and oxygen atoms in total. The molecular weight excluding hydrogens is 340 g/mol. The Hall–Kier alpha value is -2.53. The van der Waals surface area contributed by atoms with Gasteiger partial charge in [0.2, 0.25) is 5.88 Å². The number of nitroso groups, excluding NO2 is 1. The predicted octanol–water partition coefficient (Wildman–Crippen LogP) is 5.48. The third-order valence-corrected chi connectivity index (χ3v) is 4.46. The maximum Gasteiger partial charge on any atom is 0.222 e. The summed E-state index contributed by atoms with van der Waals surface area (Å²) in [5.74, 6) is 0.532. The molecule has 6 heteroatoms. The van der Waals surface area contributed by atoms with Crippen LogP contribution in [-0.4, -0.2) is 16.3 Å². The average Bonchev–Trinajstić information content (AvgIpc) is 2.84. The quantitative estimate of drug-likeness (QED) is 0.468. The van der Waals surface area contributed by atoms with E-state index in [1.165, 1.54) is 0 Å². The van der Waals surface area contributed by atoms with Crippen LogP contribution in [0, 0.1) is 18.8 Å². The van der Waals surface area contributed by atoms with Crippen LogP contribution in [0.15, 0.2) is 41.6 Å². The Morgan fingerprint density at radius 1 is 1.24 bits per heavy atom. The van der Waals surface area contributed by atoms with E-state index in [0.29, 0.717) is 35.7 Å². The highest BCUT2D eigenvalue weighted by molar-refractivity contribution is 6.32. The summed E-state index contributed by atoms with van der Waals surface area (Å²) in [5.41, 5.74) is 2.94. The van der Waals surface area contributed by atoms with E-state index in [9.17, 15) is 10.0 Å². The molecule has 1 aromatic heterocycles. The molecule has 0 atom stereocenters. The zero-order chi connectivity index (χ0) is 18.0. The van der Waals surface area contributed by atoms with Crippen molar-refractivity contribution in [3.8, 4) is 11.6 Å². The van der Waals surface area contributed by atoms with Gasteiger partial charge in [0.1, 0.15) is 5.75 Å². The van der Waals surface area contributed by atoms with E-state index < -0.39 is 0 Å². The zero-order valence-corrected chi connectivity index (χ0v) is 14.9. The Morgan fingerprint density at radius 2 is 2.00 bits per heavy atom. The highest BCUT2D eigenvalue weighted by Crippen LogP contribution is 2.40. The van der Waals surface area contributed by atoms with E-state index in [1.807, 2.05) is 44.2 Å². The van der Waals surface area contributed by atoms with E-state index in [4.69, 9.17) is 16.3 Å². The van der Waals surface area contributed by atoms with Gasteiger partial charge < -0.3 is 14.4 Å². The molecule has 25 heavy (non-hydrogen) atoms. The van der Waals surface area contributed by atoms with Gasteiger partial charge in [-0.25, -0.2) is 0 Å². The average molecular weight is 359 g/mol. The molecule has 3 aromatic rings. The van der Waals surface area contributed by atoms with Gasteiger partial charge in [0.25, 0.3) is 0 Å². The summed E-state index contributed by atoms with van der Waals surface area (Å²) < 4.78 is 7.40. The molecule has 0 radical (unpaired) electrons. The minimum Gasteiger partial charge on any atom is -0.493 e. The summed E-state index contributed by atoms with van der Waals surface area (Å²) in [4.78, 5) is 11.2. The van der Waals surface area contributed by atoms with Gasteiger partial charge in [0.15, 0.2) is 5.69 Å².